The van der Waals surface area contributed by atoms with E-state index < -0.39 is 0 Å². The van der Waals surface area contributed by atoms with Crippen LogP contribution >= 0.6 is 23.2 Å². The van der Waals surface area contributed by atoms with Gasteiger partial charge in [-0.25, -0.2) is 0 Å². The zero-order valence-electron chi connectivity index (χ0n) is 11.9. The number of nitrogens with one attached hydrogen (secondary N) is 1. The van der Waals surface area contributed by atoms with Gasteiger partial charge in [-0.2, -0.15) is 0 Å². The van der Waals surface area contributed by atoms with E-state index in [1.54, 1.807) is 24.3 Å². The van der Waals surface area contributed by atoms with Crippen LogP contribution in [0.5, 0.6) is 11.5 Å². The highest BCUT2D eigenvalue weighted by Crippen LogP contribution is 2.30. The standard InChI is InChI=1S/C16H17Cl2NO2/c1-10(2)21-16-7-6-11(8-14(16)18)19-9-12-13(17)4-3-5-15(12)20/h3-8,10,19-20H,9H2,1-2H3. The highest BCUT2D eigenvalue weighted by molar-refractivity contribution is 6.32. The molecular formula is C16H17Cl2NO2. The summed E-state index contributed by atoms with van der Waals surface area (Å²) in [6.07, 6.45) is 0.0707. The Morgan fingerprint density at radius 3 is 2.52 bits per heavy atom. The molecule has 2 aromatic carbocycles. The summed E-state index contributed by atoms with van der Waals surface area (Å²) in [6, 6.07) is 10.5. The lowest BCUT2D eigenvalue weighted by atomic mass is 10.2. The Hall–Kier alpha value is -1.58. The SMILES string of the molecule is CC(C)Oc1ccc(NCc2c(O)cccc2Cl)cc1Cl. The number of phenols is 1. The van der Waals surface area contributed by atoms with Gasteiger partial charge in [0, 0.05) is 22.8 Å². The normalized spacial score (nSPS) is 10.7. The van der Waals surface area contributed by atoms with Crippen LogP contribution in [0.15, 0.2) is 36.4 Å². The van der Waals surface area contributed by atoms with Crippen molar-refractivity contribution in [3.8, 4) is 11.5 Å². The number of aromatic hydroxyl groups is 1. The summed E-state index contributed by atoms with van der Waals surface area (Å²) in [4.78, 5) is 0. The first-order valence-electron chi connectivity index (χ1n) is 6.64. The Bertz CT molecular complexity index is 609. The van der Waals surface area contributed by atoms with Crippen molar-refractivity contribution in [3.05, 3.63) is 52.0 Å². The lowest BCUT2D eigenvalue weighted by Gasteiger charge is -2.14. The fourth-order valence-electron chi connectivity index (χ4n) is 1.87. The molecule has 0 aliphatic heterocycles. The molecule has 0 amide bonds. The number of hydrogen-bond donors (Lipinski definition) is 2. The Kier molecular flexibility index (Phi) is 5.21. The predicted molar refractivity (Wildman–Crippen MR) is 87.7 cm³/mol. The van der Waals surface area contributed by atoms with E-state index in [-0.39, 0.29) is 11.9 Å². The Morgan fingerprint density at radius 2 is 1.90 bits per heavy atom. The maximum absolute atomic E-state index is 9.80. The molecule has 0 saturated carbocycles. The molecule has 2 N–H and O–H groups in total. The molecule has 0 heterocycles. The van der Waals surface area contributed by atoms with Crippen molar-refractivity contribution in [1.82, 2.24) is 0 Å². The van der Waals surface area contributed by atoms with Crippen LogP contribution in [0.1, 0.15) is 19.4 Å². The molecule has 0 saturated heterocycles. The zero-order valence-corrected chi connectivity index (χ0v) is 13.4. The van der Waals surface area contributed by atoms with E-state index in [0.717, 1.165) is 5.69 Å². The van der Waals surface area contributed by atoms with Gasteiger partial charge < -0.3 is 15.2 Å². The third-order valence-electron chi connectivity index (χ3n) is 2.86. The number of halogens is 2. The van der Waals surface area contributed by atoms with Gasteiger partial charge >= 0.3 is 0 Å². The first-order valence-corrected chi connectivity index (χ1v) is 7.39. The van der Waals surface area contributed by atoms with E-state index in [4.69, 9.17) is 27.9 Å². The van der Waals surface area contributed by atoms with Crippen LogP contribution in [0.3, 0.4) is 0 Å². The molecule has 0 aliphatic rings. The van der Waals surface area contributed by atoms with Gasteiger partial charge in [-0.1, -0.05) is 29.3 Å². The van der Waals surface area contributed by atoms with Crippen LogP contribution < -0.4 is 10.1 Å². The average molecular weight is 326 g/mol. The first kappa shape index (κ1) is 15.8. The summed E-state index contributed by atoms with van der Waals surface area (Å²) in [7, 11) is 0. The molecular weight excluding hydrogens is 309 g/mol. The third-order valence-corrected chi connectivity index (χ3v) is 3.51. The molecule has 3 nitrogen and oxygen atoms in total. The highest BCUT2D eigenvalue weighted by Gasteiger charge is 2.08. The van der Waals surface area contributed by atoms with E-state index in [0.29, 0.717) is 27.9 Å². The second-order valence-electron chi connectivity index (χ2n) is 4.90. The molecule has 0 aliphatic carbocycles. The third kappa shape index (κ3) is 4.19. The van der Waals surface area contributed by atoms with E-state index >= 15 is 0 Å². The Balaban J connectivity index is 2.09. The fraction of sp³-hybridized carbons (Fsp3) is 0.250. The molecule has 0 spiro atoms. The summed E-state index contributed by atoms with van der Waals surface area (Å²) in [5.41, 5.74) is 1.48. The van der Waals surface area contributed by atoms with Crippen molar-refractivity contribution in [1.29, 1.82) is 0 Å². The van der Waals surface area contributed by atoms with Crippen LogP contribution in [-0.2, 0) is 6.54 Å². The van der Waals surface area contributed by atoms with E-state index in [1.807, 2.05) is 26.0 Å². The maximum atomic E-state index is 9.80. The van der Waals surface area contributed by atoms with Gasteiger partial charge in [0.2, 0.25) is 0 Å². The highest BCUT2D eigenvalue weighted by atomic mass is 35.5. The van der Waals surface area contributed by atoms with Crippen LogP contribution in [0.25, 0.3) is 0 Å². The summed E-state index contributed by atoms with van der Waals surface area (Å²) >= 11 is 12.2. The van der Waals surface area contributed by atoms with E-state index in [2.05, 4.69) is 5.32 Å². The molecule has 21 heavy (non-hydrogen) atoms. The summed E-state index contributed by atoms with van der Waals surface area (Å²) in [5, 5.41) is 14.0. The number of ether oxygens (including phenoxy) is 1. The Labute approximate surface area is 134 Å². The summed E-state index contributed by atoms with van der Waals surface area (Å²) < 4.78 is 5.58. The number of benzene rings is 2. The molecule has 2 rings (SSSR count). The minimum absolute atomic E-state index is 0.0707. The zero-order chi connectivity index (χ0) is 15.4. The van der Waals surface area contributed by atoms with Crippen molar-refractivity contribution in [2.75, 3.05) is 5.32 Å². The lowest BCUT2D eigenvalue weighted by Crippen LogP contribution is -2.06. The topological polar surface area (TPSA) is 41.5 Å². The predicted octanol–water partition coefficient (Wildman–Crippen LogP) is 5.10. The summed E-state index contributed by atoms with van der Waals surface area (Å²) in [5.74, 6) is 0.818. The lowest BCUT2D eigenvalue weighted by molar-refractivity contribution is 0.242. The Morgan fingerprint density at radius 1 is 1.14 bits per heavy atom. The summed E-state index contributed by atoms with van der Waals surface area (Å²) in [6.45, 7) is 4.30. The van der Waals surface area contributed by atoms with Gasteiger partial charge in [0.05, 0.1) is 11.1 Å². The van der Waals surface area contributed by atoms with Crippen LogP contribution in [0.4, 0.5) is 5.69 Å². The van der Waals surface area contributed by atoms with Crippen molar-refractivity contribution in [2.24, 2.45) is 0 Å². The minimum Gasteiger partial charge on any atom is -0.508 e. The van der Waals surface area contributed by atoms with Crippen molar-refractivity contribution in [3.63, 3.8) is 0 Å². The van der Waals surface area contributed by atoms with Gasteiger partial charge in [-0.05, 0) is 44.2 Å². The maximum Gasteiger partial charge on any atom is 0.138 e. The quantitative estimate of drug-likeness (QED) is 0.803. The number of rotatable bonds is 5. The molecule has 112 valence electrons. The second-order valence-corrected chi connectivity index (χ2v) is 5.72. The number of phenolic OH excluding ortho intramolecular Hbond substituents is 1. The molecule has 5 heteroatoms. The first-order chi connectivity index (χ1) is 9.97. The second kappa shape index (κ2) is 6.92. The molecule has 0 bridgehead atoms. The van der Waals surface area contributed by atoms with Gasteiger partial charge in [-0.15, -0.1) is 0 Å². The van der Waals surface area contributed by atoms with Crippen molar-refractivity contribution >= 4 is 28.9 Å². The van der Waals surface area contributed by atoms with Gasteiger partial charge in [-0.3, -0.25) is 0 Å². The van der Waals surface area contributed by atoms with E-state index in [1.165, 1.54) is 0 Å². The molecule has 0 atom stereocenters. The molecule has 0 unspecified atom stereocenters. The molecule has 0 fully saturated rings. The molecule has 0 aromatic heterocycles. The van der Waals surface area contributed by atoms with Gasteiger partial charge in [0.15, 0.2) is 0 Å². The number of hydrogen-bond acceptors (Lipinski definition) is 3. The van der Waals surface area contributed by atoms with Gasteiger partial charge in [0.1, 0.15) is 11.5 Å². The van der Waals surface area contributed by atoms with Crippen molar-refractivity contribution < 1.29 is 9.84 Å². The van der Waals surface area contributed by atoms with Crippen LogP contribution in [0.2, 0.25) is 10.0 Å². The van der Waals surface area contributed by atoms with Gasteiger partial charge in [0.25, 0.3) is 0 Å². The fourth-order valence-corrected chi connectivity index (χ4v) is 2.33. The van der Waals surface area contributed by atoms with Crippen molar-refractivity contribution in [2.45, 2.75) is 26.5 Å². The van der Waals surface area contributed by atoms with Crippen LogP contribution in [-0.4, -0.2) is 11.2 Å². The molecule has 2 aromatic rings. The largest absolute Gasteiger partial charge is 0.508 e. The number of anilines is 1. The average Bonchev–Trinajstić information content (AvgIpc) is 2.41. The molecule has 0 radical (unpaired) electrons. The van der Waals surface area contributed by atoms with Crippen LogP contribution in [0, 0.1) is 0 Å². The van der Waals surface area contributed by atoms with E-state index in [9.17, 15) is 5.11 Å². The monoisotopic (exact) mass is 325 g/mol. The minimum atomic E-state index is 0.0707. The smallest absolute Gasteiger partial charge is 0.138 e.